The van der Waals surface area contributed by atoms with Crippen LogP contribution < -0.4 is 4.74 Å². The summed E-state index contributed by atoms with van der Waals surface area (Å²) in [6, 6.07) is 19.8. The van der Waals surface area contributed by atoms with Crippen LogP contribution in [-0.2, 0) is 10.3 Å². The van der Waals surface area contributed by atoms with Crippen LogP contribution in [0.1, 0.15) is 35.3 Å². The van der Waals surface area contributed by atoms with Crippen molar-refractivity contribution in [2.45, 2.75) is 19.4 Å². The lowest BCUT2D eigenvalue weighted by molar-refractivity contribution is 0.0207. The number of likely N-dealkylation sites (N-methyl/N-ethyl adjacent to an activating group) is 1. The molecule has 0 bridgehead atoms. The molecule has 0 radical (unpaired) electrons. The molecule has 0 fully saturated rings. The van der Waals surface area contributed by atoms with Gasteiger partial charge in [-0.2, -0.15) is 0 Å². The second-order valence-corrected chi connectivity index (χ2v) is 8.25. The van der Waals surface area contributed by atoms with Crippen molar-refractivity contribution in [3.8, 4) is 5.75 Å². The highest BCUT2D eigenvalue weighted by atomic mass is 16.6. The Hall–Kier alpha value is -3.63. The fourth-order valence-corrected chi connectivity index (χ4v) is 4.95. The van der Waals surface area contributed by atoms with E-state index in [2.05, 4.69) is 49.6 Å². The van der Waals surface area contributed by atoms with E-state index in [4.69, 9.17) is 9.47 Å². The summed E-state index contributed by atoms with van der Waals surface area (Å²) in [5.41, 5.74) is 1.94. The van der Waals surface area contributed by atoms with Gasteiger partial charge in [-0.1, -0.05) is 81.1 Å². The summed E-state index contributed by atoms with van der Waals surface area (Å²) in [6.45, 7) is 10.8. The fraction of sp³-hybridized carbons (Fsp3) is 0.207. The van der Waals surface area contributed by atoms with E-state index >= 15 is 0 Å². The van der Waals surface area contributed by atoms with Crippen molar-refractivity contribution < 1.29 is 14.3 Å². The maximum Gasteiger partial charge on any atom is 0.340 e. The maximum absolute atomic E-state index is 13.2. The third-order valence-electron chi connectivity index (χ3n) is 6.59. The Morgan fingerprint density at radius 1 is 1.00 bits per heavy atom. The van der Waals surface area contributed by atoms with Gasteiger partial charge in [-0.05, 0) is 42.1 Å². The van der Waals surface area contributed by atoms with Gasteiger partial charge >= 0.3 is 5.97 Å². The van der Waals surface area contributed by atoms with Crippen molar-refractivity contribution >= 4 is 16.7 Å². The highest BCUT2D eigenvalue weighted by molar-refractivity contribution is 6.00. The quantitative estimate of drug-likeness (QED) is 0.460. The predicted octanol–water partition coefficient (Wildman–Crippen LogP) is 5.98. The molecule has 0 aromatic heterocycles. The lowest BCUT2D eigenvalue weighted by Crippen LogP contribution is -2.37. The van der Waals surface area contributed by atoms with E-state index in [1.165, 1.54) is 0 Å². The van der Waals surface area contributed by atoms with Gasteiger partial charge in [-0.15, -0.1) is 0 Å². The first-order chi connectivity index (χ1) is 16.1. The van der Waals surface area contributed by atoms with E-state index in [0.29, 0.717) is 17.1 Å². The molecular weight excluding hydrogens is 410 g/mol. The van der Waals surface area contributed by atoms with Crippen LogP contribution in [0.5, 0.6) is 5.75 Å². The van der Waals surface area contributed by atoms with Crippen LogP contribution >= 0.6 is 0 Å². The molecule has 3 aromatic carbocycles. The van der Waals surface area contributed by atoms with Gasteiger partial charge in [0.15, 0.2) is 5.60 Å². The van der Waals surface area contributed by atoms with Crippen LogP contribution in [0.2, 0.25) is 0 Å². The van der Waals surface area contributed by atoms with E-state index in [0.717, 1.165) is 47.1 Å². The number of nitrogens with zero attached hydrogens (tertiary/aromatic N) is 1. The average molecular weight is 438 g/mol. The van der Waals surface area contributed by atoms with Crippen molar-refractivity contribution in [1.29, 1.82) is 0 Å². The largest absolute Gasteiger partial charge is 0.457 e. The Kier molecular flexibility index (Phi) is 5.39. The van der Waals surface area contributed by atoms with Gasteiger partial charge in [-0.3, -0.25) is 0 Å². The summed E-state index contributed by atoms with van der Waals surface area (Å²) >= 11 is 0. The Bertz CT molecular complexity index is 1320. The SMILES string of the molecule is C=C/C=C1\C(=C/CN(CC)CC)Oc2ccc3ccccc3c2C12OC(=O)c1ccccc12. The second kappa shape index (κ2) is 8.38. The Morgan fingerprint density at radius 3 is 2.55 bits per heavy atom. The van der Waals surface area contributed by atoms with Crippen molar-refractivity contribution in [3.63, 3.8) is 0 Å². The molecule has 0 aliphatic carbocycles. The van der Waals surface area contributed by atoms with E-state index in [-0.39, 0.29) is 5.97 Å². The molecule has 2 aliphatic heterocycles. The molecule has 2 aliphatic rings. The minimum Gasteiger partial charge on any atom is -0.457 e. The van der Waals surface area contributed by atoms with Crippen molar-refractivity contribution in [2.75, 3.05) is 19.6 Å². The van der Waals surface area contributed by atoms with Gasteiger partial charge in [0.1, 0.15) is 11.5 Å². The molecule has 0 saturated carbocycles. The monoisotopic (exact) mass is 437 g/mol. The van der Waals surface area contributed by atoms with Crippen molar-refractivity contribution in [2.24, 2.45) is 0 Å². The molecule has 1 unspecified atom stereocenters. The summed E-state index contributed by atoms with van der Waals surface area (Å²) in [5.74, 6) is 1.06. The zero-order valence-electron chi connectivity index (χ0n) is 19.0. The smallest absolute Gasteiger partial charge is 0.340 e. The molecule has 0 amide bonds. The fourth-order valence-electron chi connectivity index (χ4n) is 4.95. The third-order valence-corrected chi connectivity index (χ3v) is 6.59. The molecule has 4 heteroatoms. The summed E-state index contributed by atoms with van der Waals surface area (Å²) in [7, 11) is 0. The number of benzene rings is 3. The molecule has 1 spiro atoms. The van der Waals surface area contributed by atoms with Gasteiger partial charge in [0.05, 0.1) is 11.1 Å². The number of hydrogen-bond donors (Lipinski definition) is 0. The molecule has 2 heterocycles. The zero-order valence-corrected chi connectivity index (χ0v) is 19.0. The van der Waals surface area contributed by atoms with E-state index in [1.807, 2.05) is 48.5 Å². The highest BCUT2D eigenvalue weighted by Gasteiger charge is 2.55. The Morgan fingerprint density at radius 2 is 1.76 bits per heavy atom. The summed E-state index contributed by atoms with van der Waals surface area (Å²) < 4.78 is 12.9. The summed E-state index contributed by atoms with van der Waals surface area (Å²) in [4.78, 5) is 15.5. The van der Waals surface area contributed by atoms with Gasteiger partial charge < -0.3 is 14.4 Å². The van der Waals surface area contributed by atoms with Gasteiger partial charge in [0.2, 0.25) is 0 Å². The zero-order chi connectivity index (χ0) is 23.0. The summed E-state index contributed by atoms with van der Waals surface area (Å²) in [6.07, 6.45) is 5.72. The van der Waals surface area contributed by atoms with Gasteiger partial charge in [-0.25, -0.2) is 4.79 Å². The average Bonchev–Trinajstić information content (AvgIpc) is 3.14. The molecule has 4 nitrogen and oxygen atoms in total. The van der Waals surface area contributed by atoms with Crippen molar-refractivity contribution in [3.05, 3.63) is 113 Å². The van der Waals surface area contributed by atoms with Gasteiger partial charge in [0.25, 0.3) is 0 Å². The normalized spacial score (nSPS) is 21.4. The van der Waals surface area contributed by atoms with Crippen LogP contribution in [0.25, 0.3) is 10.8 Å². The van der Waals surface area contributed by atoms with Gasteiger partial charge in [0, 0.05) is 17.7 Å². The van der Waals surface area contributed by atoms with Crippen LogP contribution in [0, 0.1) is 0 Å². The predicted molar refractivity (Wildman–Crippen MR) is 131 cm³/mol. The van der Waals surface area contributed by atoms with Crippen molar-refractivity contribution in [1.82, 2.24) is 4.90 Å². The topological polar surface area (TPSA) is 38.8 Å². The first kappa shape index (κ1) is 21.2. The molecule has 166 valence electrons. The number of fused-ring (bicyclic) bond motifs is 6. The highest BCUT2D eigenvalue weighted by Crippen LogP contribution is 2.56. The molecule has 5 rings (SSSR count). The Labute approximate surface area is 194 Å². The van der Waals surface area contributed by atoms with Crippen LogP contribution in [0.4, 0.5) is 0 Å². The molecule has 0 saturated heterocycles. The number of esters is 1. The standard InChI is InChI=1S/C29H27NO3/c1-4-11-24-25(18-19-30(5-2)6-3)32-26-17-16-20-12-7-8-13-21(20)27(26)29(24)23-15-10-9-14-22(23)28(31)33-29/h4,7-18H,1,5-6,19H2,2-3H3/b24-11+,25-18+. The summed E-state index contributed by atoms with van der Waals surface area (Å²) in [5, 5.41) is 2.06. The minimum atomic E-state index is -1.11. The number of rotatable bonds is 5. The first-order valence-corrected chi connectivity index (χ1v) is 11.4. The second-order valence-electron chi connectivity index (χ2n) is 8.25. The van der Waals surface area contributed by atoms with Crippen LogP contribution in [-0.4, -0.2) is 30.5 Å². The third kappa shape index (κ3) is 3.21. The van der Waals surface area contributed by atoms with Crippen LogP contribution in [0.3, 0.4) is 0 Å². The van der Waals surface area contributed by atoms with E-state index in [1.54, 1.807) is 6.08 Å². The Balaban J connectivity index is 1.85. The number of hydrogen-bond acceptors (Lipinski definition) is 4. The minimum absolute atomic E-state index is 0.329. The lowest BCUT2D eigenvalue weighted by Gasteiger charge is -2.39. The number of carbonyl (C=O) groups excluding carboxylic acids is 1. The number of allylic oxidation sites excluding steroid dienone is 2. The van der Waals surface area contributed by atoms with E-state index in [9.17, 15) is 4.79 Å². The molecular formula is C29H27NO3. The maximum atomic E-state index is 13.2. The van der Waals surface area contributed by atoms with E-state index < -0.39 is 5.60 Å². The molecule has 33 heavy (non-hydrogen) atoms. The number of ether oxygens (including phenoxy) is 2. The molecule has 1 atom stereocenters. The number of carbonyl (C=O) groups is 1. The lowest BCUT2D eigenvalue weighted by atomic mass is 9.74. The molecule has 0 N–H and O–H groups in total. The molecule has 3 aromatic rings. The van der Waals surface area contributed by atoms with Crippen LogP contribution in [0.15, 0.2) is 96.8 Å². The first-order valence-electron chi connectivity index (χ1n) is 11.4.